The van der Waals surface area contributed by atoms with E-state index < -0.39 is 105 Å². The van der Waals surface area contributed by atoms with Crippen LogP contribution in [0.3, 0.4) is 0 Å². The Hall–Kier alpha value is -2.92. The first-order valence-corrected chi connectivity index (χ1v) is 16.1. The molecule has 3 aliphatic heterocycles. The summed E-state index contributed by atoms with van der Waals surface area (Å²) < 4.78 is 36.4. The molecule has 0 amide bonds. The Bertz CT molecular complexity index is 1400. The fourth-order valence-electron chi connectivity index (χ4n) is 10.3. The van der Waals surface area contributed by atoms with Gasteiger partial charge < -0.3 is 33.2 Å². The normalized spacial score (nSPS) is 44.2. The number of fused-ring (bicyclic) bond motifs is 2. The highest BCUT2D eigenvalue weighted by atomic mass is 16.7. The predicted molar refractivity (Wildman–Crippen MR) is 156 cm³/mol. The highest BCUT2D eigenvalue weighted by Gasteiger charge is 2.92. The van der Waals surface area contributed by atoms with Gasteiger partial charge in [-0.25, -0.2) is 0 Å². The van der Waals surface area contributed by atoms with Crippen LogP contribution < -0.4 is 0 Å². The van der Waals surface area contributed by atoms with E-state index in [1.807, 2.05) is 27.7 Å². The lowest BCUT2D eigenvalue weighted by molar-refractivity contribution is -0.323. The van der Waals surface area contributed by atoms with E-state index in [0.29, 0.717) is 18.4 Å². The van der Waals surface area contributed by atoms with E-state index >= 15 is 0 Å². The monoisotopic (exact) mass is 630 g/mol. The molecule has 11 heteroatoms. The van der Waals surface area contributed by atoms with Gasteiger partial charge in [0.15, 0.2) is 5.79 Å². The van der Waals surface area contributed by atoms with Crippen LogP contribution in [0.25, 0.3) is 0 Å². The van der Waals surface area contributed by atoms with E-state index in [1.54, 1.807) is 40.0 Å². The average Bonchev–Trinajstić information content (AvgIpc) is 3.62. The molecule has 2 aliphatic carbocycles. The van der Waals surface area contributed by atoms with Gasteiger partial charge in [0.25, 0.3) is 0 Å². The number of carbonyl (C=O) groups excluding carboxylic acids is 4. The molecule has 1 aromatic rings. The molecule has 11 atom stereocenters. The van der Waals surface area contributed by atoms with Crippen molar-refractivity contribution in [3.8, 4) is 0 Å². The van der Waals surface area contributed by atoms with Crippen LogP contribution in [-0.2, 0) is 42.9 Å². The zero-order valence-electron chi connectivity index (χ0n) is 27.6. The Labute approximate surface area is 263 Å². The molecular weight excluding hydrogens is 584 g/mol. The number of rotatable bonds is 6. The third-order valence-electron chi connectivity index (χ3n) is 12.2. The molecule has 1 aromatic heterocycles. The number of carbonyl (C=O) groups is 4. The Morgan fingerprint density at radius 2 is 1.60 bits per heavy atom. The van der Waals surface area contributed by atoms with Crippen LogP contribution in [0.4, 0.5) is 0 Å². The van der Waals surface area contributed by atoms with Gasteiger partial charge in [-0.2, -0.15) is 0 Å². The number of hydrogen-bond donors (Lipinski definition) is 1. The number of esters is 4. The highest BCUT2D eigenvalue weighted by Crippen LogP contribution is 2.81. The summed E-state index contributed by atoms with van der Waals surface area (Å²) in [5, 5.41) is 13.0. The Morgan fingerprint density at radius 3 is 2.16 bits per heavy atom. The molecule has 2 saturated carbocycles. The van der Waals surface area contributed by atoms with Gasteiger partial charge in [0.2, 0.25) is 0 Å². The van der Waals surface area contributed by atoms with Gasteiger partial charge in [-0.1, -0.05) is 55.4 Å². The molecule has 2 bridgehead atoms. The van der Waals surface area contributed by atoms with Crippen LogP contribution in [0.15, 0.2) is 23.0 Å². The predicted octanol–water partition coefficient (Wildman–Crippen LogP) is 4.36. The van der Waals surface area contributed by atoms with Crippen molar-refractivity contribution in [1.82, 2.24) is 0 Å². The minimum Gasteiger partial charge on any atom is -0.472 e. The van der Waals surface area contributed by atoms with E-state index in [9.17, 15) is 24.3 Å². The molecule has 45 heavy (non-hydrogen) atoms. The average molecular weight is 631 g/mol. The van der Waals surface area contributed by atoms with Gasteiger partial charge in [0, 0.05) is 33.6 Å². The lowest BCUT2D eigenvalue weighted by Crippen LogP contribution is -2.78. The summed E-state index contributed by atoms with van der Waals surface area (Å²) in [6.07, 6.45) is 1.17. The fraction of sp³-hybridized carbons (Fsp3) is 0.765. The smallest absolute Gasteiger partial charge is 0.310 e. The van der Waals surface area contributed by atoms with Gasteiger partial charge in [-0.3, -0.25) is 19.2 Å². The second kappa shape index (κ2) is 10.0. The number of furan rings is 1. The SMILES string of the molecule is COC(=O)[C@H]1C(C)(C)[C@H](OC(=O)C(C)C)[C@@H]2[C@@H](OC(=O)C(C)C)[C@@]34O[C@]2(O)[C@]1(C)[C@H]3CC[C@]1(C)[C@H]4CC(=O)O[C@H]1c1ccoc1. The van der Waals surface area contributed by atoms with Gasteiger partial charge in [-0.05, 0) is 18.9 Å². The topological polar surface area (TPSA) is 148 Å². The van der Waals surface area contributed by atoms with Crippen LogP contribution in [0.2, 0.25) is 0 Å². The number of cyclic esters (lactones) is 1. The van der Waals surface area contributed by atoms with Crippen molar-refractivity contribution < 1.29 is 52.4 Å². The van der Waals surface area contributed by atoms with Crippen molar-refractivity contribution >= 4 is 23.9 Å². The summed E-state index contributed by atoms with van der Waals surface area (Å²) in [7, 11) is 1.30. The first-order chi connectivity index (χ1) is 20.9. The van der Waals surface area contributed by atoms with E-state index in [1.165, 1.54) is 13.4 Å². The standard InChI is InChI=1S/C34H46O11/c1-16(2)27(36)43-25-22-26(44-28(37)17(3)4)33-19(32(8,34(22,39)45-33)23(29(38)40-9)30(25,5)6)10-12-31(7)20(33)14-21(35)42-24(31)18-11-13-41-15-18/h11,13,15-17,19-20,22-26,39H,10,12,14H2,1-9H3/t19-,20-,22-,23+,24+,25-,26-,31-,32-,33-,34+/m1/s1. The number of aliphatic hydroxyl groups is 1. The molecule has 6 rings (SSSR count). The van der Waals surface area contributed by atoms with Crippen LogP contribution in [0.1, 0.15) is 86.3 Å². The molecule has 11 nitrogen and oxygen atoms in total. The van der Waals surface area contributed by atoms with Crippen LogP contribution >= 0.6 is 0 Å². The summed E-state index contributed by atoms with van der Waals surface area (Å²) in [6.45, 7) is 14.4. The van der Waals surface area contributed by atoms with Crippen LogP contribution in [-0.4, -0.2) is 59.7 Å². The third kappa shape index (κ3) is 3.88. The minimum absolute atomic E-state index is 0.0569. The zero-order chi connectivity index (χ0) is 33.1. The minimum atomic E-state index is -2.08. The molecular formula is C34H46O11. The number of methoxy groups -OCH3 is 1. The van der Waals surface area contributed by atoms with Crippen molar-refractivity contribution in [3.05, 3.63) is 24.2 Å². The molecule has 0 aromatic carbocycles. The maximum Gasteiger partial charge on any atom is 0.310 e. The van der Waals surface area contributed by atoms with Crippen LogP contribution in [0, 0.1) is 51.8 Å². The molecule has 0 radical (unpaired) electrons. The van der Waals surface area contributed by atoms with Crippen LogP contribution in [0.5, 0.6) is 0 Å². The van der Waals surface area contributed by atoms with E-state index in [4.69, 9.17) is 28.1 Å². The van der Waals surface area contributed by atoms with Gasteiger partial charge in [0.05, 0.1) is 49.7 Å². The zero-order valence-corrected chi connectivity index (χ0v) is 27.6. The molecule has 0 unspecified atom stereocenters. The van der Waals surface area contributed by atoms with E-state index in [-0.39, 0.29) is 6.42 Å². The number of hydrogen-bond acceptors (Lipinski definition) is 11. The summed E-state index contributed by atoms with van der Waals surface area (Å²) in [6, 6.07) is 1.76. The molecule has 4 heterocycles. The second-order valence-electron chi connectivity index (χ2n) is 15.5. The second-order valence-corrected chi connectivity index (χ2v) is 15.5. The fourth-order valence-corrected chi connectivity index (χ4v) is 10.3. The Morgan fingerprint density at radius 1 is 0.978 bits per heavy atom. The van der Waals surface area contributed by atoms with Gasteiger partial charge in [-0.15, -0.1) is 0 Å². The highest BCUT2D eigenvalue weighted by molar-refractivity contribution is 5.77. The summed E-state index contributed by atoms with van der Waals surface area (Å²) in [4.78, 5) is 54.1. The molecule has 5 fully saturated rings. The largest absolute Gasteiger partial charge is 0.472 e. The number of ether oxygens (including phenoxy) is 5. The van der Waals surface area contributed by atoms with Crippen molar-refractivity contribution in [1.29, 1.82) is 0 Å². The quantitative estimate of drug-likeness (QED) is 0.353. The van der Waals surface area contributed by atoms with Crippen molar-refractivity contribution in [3.63, 3.8) is 0 Å². The maximum atomic E-state index is 13.9. The molecule has 1 spiro atoms. The molecule has 5 aliphatic rings. The first kappa shape index (κ1) is 32.0. The van der Waals surface area contributed by atoms with E-state index in [2.05, 4.69) is 0 Å². The Kier molecular flexibility index (Phi) is 7.15. The Balaban J connectivity index is 1.62. The van der Waals surface area contributed by atoms with Crippen molar-refractivity contribution in [2.75, 3.05) is 7.11 Å². The maximum absolute atomic E-state index is 13.9. The molecule has 1 N–H and O–H groups in total. The van der Waals surface area contributed by atoms with Crippen molar-refractivity contribution in [2.24, 2.45) is 51.8 Å². The lowest BCUT2D eigenvalue weighted by atomic mass is 9.36. The first-order valence-electron chi connectivity index (χ1n) is 16.1. The van der Waals surface area contributed by atoms with Crippen molar-refractivity contribution in [2.45, 2.75) is 104 Å². The van der Waals surface area contributed by atoms with Gasteiger partial charge in [0.1, 0.15) is 23.9 Å². The van der Waals surface area contributed by atoms with Gasteiger partial charge >= 0.3 is 23.9 Å². The summed E-state index contributed by atoms with van der Waals surface area (Å²) in [5.41, 5.74) is -3.78. The van der Waals surface area contributed by atoms with E-state index in [0.717, 1.165) is 0 Å². The lowest BCUT2D eigenvalue weighted by Gasteiger charge is -2.67. The molecule has 3 saturated heterocycles. The summed E-state index contributed by atoms with van der Waals surface area (Å²) >= 11 is 0. The summed E-state index contributed by atoms with van der Waals surface area (Å²) in [5.74, 6) is -8.32. The molecule has 248 valence electrons. The third-order valence-corrected chi connectivity index (χ3v) is 12.2.